The molecule has 0 spiro atoms. The summed E-state index contributed by atoms with van der Waals surface area (Å²) in [4.78, 5) is 27.4. The maximum atomic E-state index is 15.0. The number of aryl methyl sites for hydroxylation is 1. The van der Waals surface area contributed by atoms with Gasteiger partial charge in [0, 0.05) is 60.3 Å². The molecule has 226 valence electrons. The number of likely N-dealkylation sites (N-methyl/N-ethyl adjacent to an activating group) is 1. The first-order chi connectivity index (χ1) is 20.9. The Hall–Kier alpha value is -4.52. The summed E-state index contributed by atoms with van der Waals surface area (Å²) in [5, 5.41) is 7.23. The molecule has 2 aromatic carbocycles. The summed E-state index contributed by atoms with van der Waals surface area (Å²) in [6, 6.07) is 7.37. The molecule has 0 saturated heterocycles. The molecule has 4 heterocycles. The lowest BCUT2D eigenvalue weighted by atomic mass is 9.91. The SMILES string of the molecule is CN1CCc2cc(C(=O)c3cc(F)c(NC(=O)/C=C/CBr)c(F)c3)n3cccc(c23)-c2c(C(F)(F)F)cc3c(cnn3C)c21. The number of benzene rings is 2. The molecule has 0 aliphatic carbocycles. The predicted molar refractivity (Wildman–Crippen MR) is 160 cm³/mol. The van der Waals surface area contributed by atoms with Crippen LogP contribution in [0.5, 0.6) is 0 Å². The molecule has 0 bridgehead atoms. The van der Waals surface area contributed by atoms with Crippen molar-refractivity contribution in [1.82, 2.24) is 14.2 Å². The van der Waals surface area contributed by atoms with Gasteiger partial charge in [0.15, 0.2) is 0 Å². The van der Waals surface area contributed by atoms with E-state index in [2.05, 4.69) is 26.3 Å². The van der Waals surface area contributed by atoms with E-state index in [4.69, 9.17) is 0 Å². The molecule has 3 aromatic heterocycles. The summed E-state index contributed by atoms with van der Waals surface area (Å²) in [7, 11) is 3.29. The molecule has 1 aliphatic rings. The number of aromatic nitrogens is 3. The van der Waals surface area contributed by atoms with Crippen LogP contribution in [0.2, 0.25) is 0 Å². The number of amides is 1. The Morgan fingerprint density at radius 1 is 1.11 bits per heavy atom. The van der Waals surface area contributed by atoms with Gasteiger partial charge in [0.05, 0.1) is 34.2 Å². The fraction of sp³-hybridized carbons (Fsp3) is 0.194. The normalized spacial score (nSPS) is 13.4. The predicted octanol–water partition coefficient (Wildman–Crippen LogP) is 6.90. The second kappa shape index (κ2) is 10.9. The molecule has 1 amide bonds. The van der Waals surface area contributed by atoms with Crippen molar-refractivity contribution in [2.75, 3.05) is 29.1 Å². The van der Waals surface area contributed by atoms with Crippen LogP contribution in [-0.4, -0.2) is 44.8 Å². The van der Waals surface area contributed by atoms with Gasteiger partial charge in [-0.2, -0.15) is 18.3 Å². The van der Waals surface area contributed by atoms with Crippen molar-refractivity contribution in [3.05, 3.63) is 95.0 Å². The number of ketones is 1. The number of fused-ring (bicyclic) bond motifs is 4. The number of hydrogen-bond donors (Lipinski definition) is 1. The first-order valence-corrected chi connectivity index (χ1v) is 14.5. The maximum absolute atomic E-state index is 15.0. The van der Waals surface area contributed by atoms with Gasteiger partial charge in [-0.05, 0) is 42.3 Å². The van der Waals surface area contributed by atoms with E-state index in [9.17, 15) is 31.5 Å². The van der Waals surface area contributed by atoms with Crippen molar-refractivity contribution in [3.8, 4) is 11.1 Å². The summed E-state index contributed by atoms with van der Waals surface area (Å²) in [6.45, 7) is 0.321. The molecular weight excluding hydrogens is 649 g/mol. The maximum Gasteiger partial charge on any atom is 0.417 e. The zero-order valence-electron chi connectivity index (χ0n) is 23.3. The summed E-state index contributed by atoms with van der Waals surface area (Å²) >= 11 is 3.10. The molecule has 6 rings (SSSR count). The second-order valence-electron chi connectivity index (χ2n) is 10.4. The number of anilines is 2. The average molecular weight is 672 g/mol. The quantitative estimate of drug-likeness (QED) is 0.0955. The van der Waals surface area contributed by atoms with Crippen LogP contribution < -0.4 is 10.2 Å². The molecule has 5 aromatic rings. The van der Waals surface area contributed by atoms with Crippen LogP contribution in [0.3, 0.4) is 0 Å². The van der Waals surface area contributed by atoms with E-state index < -0.39 is 40.8 Å². The Balaban J connectivity index is 1.53. The van der Waals surface area contributed by atoms with Gasteiger partial charge in [0.2, 0.25) is 11.7 Å². The lowest BCUT2D eigenvalue weighted by molar-refractivity contribution is -0.137. The van der Waals surface area contributed by atoms with E-state index in [-0.39, 0.29) is 22.4 Å². The monoisotopic (exact) mass is 671 g/mol. The number of pyridine rings is 1. The molecular formula is C31H23BrF5N5O2. The van der Waals surface area contributed by atoms with Crippen molar-refractivity contribution in [2.24, 2.45) is 7.05 Å². The van der Waals surface area contributed by atoms with Crippen LogP contribution in [0.1, 0.15) is 27.2 Å². The Kier molecular flexibility index (Phi) is 7.31. The van der Waals surface area contributed by atoms with Crippen LogP contribution in [0.25, 0.3) is 27.5 Å². The minimum absolute atomic E-state index is 0.0230. The van der Waals surface area contributed by atoms with Crippen molar-refractivity contribution in [2.45, 2.75) is 12.6 Å². The Morgan fingerprint density at radius 2 is 1.84 bits per heavy atom. The highest BCUT2D eigenvalue weighted by atomic mass is 79.9. The molecule has 0 fully saturated rings. The Morgan fingerprint density at radius 3 is 2.52 bits per heavy atom. The number of nitrogens with zero attached hydrogens (tertiary/aromatic N) is 4. The number of carbonyl (C=O) groups excluding carboxylic acids is 2. The van der Waals surface area contributed by atoms with Crippen molar-refractivity contribution in [1.29, 1.82) is 0 Å². The topological polar surface area (TPSA) is 71.6 Å². The highest BCUT2D eigenvalue weighted by Gasteiger charge is 2.38. The summed E-state index contributed by atoms with van der Waals surface area (Å²) in [6.07, 6.45) is 1.27. The number of halogens is 6. The molecule has 0 unspecified atom stereocenters. The van der Waals surface area contributed by atoms with Gasteiger partial charge in [-0.25, -0.2) is 8.78 Å². The highest BCUT2D eigenvalue weighted by molar-refractivity contribution is 9.09. The Labute approximate surface area is 255 Å². The first-order valence-electron chi connectivity index (χ1n) is 13.4. The van der Waals surface area contributed by atoms with Crippen LogP contribution >= 0.6 is 15.9 Å². The largest absolute Gasteiger partial charge is 0.417 e. The van der Waals surface area contributed by atoms with Gasteiger partial charge in [-0.1, -0.05) is 28.1 Å². The minimum Gasteiger partial charge on any atom is -0.373 e. The molecule has 0 saturated carbocycles. The van der Waals surface area contributed by atoms with Crippen molar-refractivity contribution >= 4 is 55.4 Å². The van der Waals surface area contributed by atoms with Gasteiger partial charge >= 0.3 is 6.18 Å². The van der Waals surface area contributed by atoms with Gasteiger partial charge < -0.3 is 14.6 Å². The zero-order chi connectivity index (χ0) is 31.5. The van der Waals surface area contributed by atoms with Gasteiger partial charge in [0.25, 0.3) is 0 Å². The zero-order valence-corrected chi connectivity index (χ0v) is 24.9. The molecule has 0 radical (unpaired) electrons. The van der Waals surface area contributed by atoms with Crippen molar-refractivity contribution in [3.63, 3.8) is 0 Å². The van der Waals surface area contributed by atoms with Crippen molar-refractivity contribution < 1.29 is 31.5 Å². The third kappa shape index (κ3) is 4.84. The van der Waals surface area contributed by atoms with Gasteiger partial charge in [-0.15, -0.1) is 0 Å². The molecule has 0 atom stereocenters. The lowest BCUT2D eigenvalue weighted by Crippen LogP contribution is -2.24. The average Bonchev–Trinajstić information content (AvgIpc) is 3.54. The molecule has 1 aliphatic heterocycles. The second-order valence-corrected chi connectivity index (χ2v) is 11.1. The minimum atomic E-state index is -4.71. The van der Waals surface area contributed by atoms with Gasteiger partial charge in [0.1, 0.15) is 17.3 Å². The molecule has 44 heavy (non-hydrogen) atoms. The van der Waals surface area contributed by atoms with E-state index in [1.54, 1.807) is 31.1 Å². The number of nitrogens with one attached hydrogen (secondary N) is 1. The fourth-order valence-electron chi connectivity index (χ4n) is 5.76. The number of allylic oxidation sites excluding steroid dienone is 1. The van der Waals surface area contributed by atoms with Crippen LogP contribution in [-0.2, 0) is 24.4 Å². The van der Waals surface area contributed by atoms with E-state index in [0.29, 0.717) is 46.0 Å². The number of rotatable bonds is 5. The molecule has 7 nitrogen and oxygen atoms in total. The molecule has 13 heteroatoms. The molecule has 1 N–H and O–H groups in total. The third-order valence-corrected chi connectivity index (χ3v) is 8.09. The Bertz CT molecular complexity index is 2000. The van der Waals surface area contributed by atoms with E-state index in [1.165, 1.54) is 33.6 Å². The summed E-state index contributed by atoms with van der Waals surface area (Å²) in [5.41, 5.74) is 0.0304. The summed E-state index contributed by atoms with van der Waals surface area (Å²) in [5.74, 6) is -3.81. The summed E-state index contributed by atoms with van der Waals surface area (Å²) < 4.78 is 76.7. The smallest absolute Gasteiger partial charge is 0.373 e. The van der Waals surface area contributed by atoms with Crippen LogP contribution in [0.15, 0.2) is 60.9 Å². The fourth-order valence-corrected chi connectivity index (χ4v) is 5.95. The number of alkyl halides is 4. The lowest BCUT2D eigenvalue weighted by Gasteiger charge is -2.29. The van der Waals surface area contributed by atoms with Gasteiger partial charge in [-0.3, -0.25) is 14.3 Å². The van der Waals surface area contributed by atoms with E-state index in [1.807, 2.05) is 0 Å². The number of carbonyl (C=O) groups is 2. The third-order valence-electron chi connectivity index (χ3n) is 7.71. The first kappa shape index (κ1) is 29.5. The van der Waals surface area contributed by atoms with Crippen LogP contribution in [0.4, 0.5) is 33.3 Å². The highest BCUT2D eigenvalue weighted by Crippen LogP contribution is 2.48. The van der Waals surface area contributed by atoms with E-state index >= 15 is 0 Å². The van der Waals surface area contributed by atoms with E-state index in [0.717, 1.165) is 24.3 Å². The number of hydrogen-bond acceptors (Lipinski definition) is 4. The standard InChI is InChI=1S/C31H23BrF5N5O2/c1-40-10-7-16-13-24(30(44)17-11-21(33)27(22(34)12-17)39-25(43)6-3-8-32)42-9-4-5-18(28(16)42)26-20(31(35,36)37)14-23-19(29(26)40)15-38-41(23)2/h3-6,9,11-15H,7-8,10H2,1-2H3,(H,39,43)/b6-3+. The van der Waals surface area contributed by atoms with Crippen LogP contribution in [0, 0.1) is 11.6 Å².